The molecule has 1 aliphatic heterocycles. The number of fused-ring (bicyclic) bond motifs is 1. The van der Waals surface area contributed by atoms with Crippen LogP contribution in [0.25, 0.3) is 5.52 Å². The third kappa shape index (κ3) is 2.50. The largest absolute Gasteiger partial charge is 0.463 e. The van der Waals surface area contributed by atoms with Gasteiger partial charge in [0.2, 0.25) is 0 Å². The second kappa shape index (κ2) is 6.00. The Hall–Kier alpha value is -2.23. The summed E-state index contributed by atoms with van der Waals surface area (Å²) in [7, 11) is 0. The maximum Gasteiger partial charge on any atom is 0.305 e. The summed E-state index contributed by atoms with van der Waals surface area (Å²) >= 11 is 0. The molecule has 1 saturated heterocycles. The molecule has 0 bridgehead atoms. The number of carbonyl (C=O) groups is 1. The van der Waals surface area contributed by atoms with E-state index < -0.39 is 29.9 Å². The number of rotatable bonds is 4. The number of hydrogen-bond donors (Lipinski definition) is 3. The van der Waals surface area contributed by atoms with Crippen LogP contribution >= 0.6 is 0 Å². The van der Waals surface area contributed by atoms with Crippen LogP contribution in [0.4, 0.5) is 5.82 Å². The second-order valence-electron chi connectivity index (χ2n) is 5.90. The van der Waals surface area contributed by atoms with Crippen LogP contribution in [-0.4, -0.2) is 55.7 Å². The van der Waals surface area contributed by atoms with Crippen LogP contribution in [0.1, 0.15) is 26.0 Å². The minimum Gasteiger partial charge on any atom is -0.463 e. The topological polar surface area (TPSA) is 132 Å². The number of ether oxygens (including phenoxy) is 2. The van der Waals surface area contributed by atoms with E-state index in [1.165, 1.54) is 10.8 Å². The van der Waals surface area contributed by atoms with Gasteiger partial charge in [-0.05, 0) is 19.1 Å². The van der Waals surface area contributed by atoms with Crippen molar-refractivity contribution in [2.45, 2.75) is 44.2 Å². The fourth-order valence-electron chi connectivity index (χ4n) is 2.93. The van der Waals surface area contributed by atoms with Gasteiger partial charge in [-0.3, -0.25) is 4.79 Å². The molecule has 2 aromatic rings. The number of aromatic nitrogens is 3. The molecule has 1 fully saturated rings. The Morgan fingerprint density at radius 2 is 2.25 bits per heavy atom. The van der Waals surface area contributed by atoms with Gasteiger partial charge in [-0.2, -0.15) is 5.10 Å². The van der Waals surface area contributed by atoms with E-state index in [9.17, 15) is 15.0 Å². The third-order valence-electron chi connectivity index (χ3n) is 4.35. The standard InChI is InChI=1S/C15H20N4O5/c1-3-11(20)23-6-9-12(21)13(22)15(2,24-9)10-5-4-8-14(16)17-7-18-19(8)10/h4-5,7,9,12-13,21-22H,3,6H2,1-2H3,(H2,16,17,18)/t9-,12-,13-,15+/m1/s1. The van der Waals surface area contributed by atoms with Gasteiger partial charge in [0.15, 0.2) is 5.82 Å². The van der Waals surface area contributed by atoms with Gasteiger partial charge in [0.1, 0.15) is 42.4 Å². The van der Waals surface area contributed by atoms with Gasteiger partial charge in [-0.25, -0.2) is 9.50 Å². The van der Waals surface area contributed by atoms with E-state index in [4.69, 9.17) is 15.2 Å². The molecule has 0 spiro atoms. The van der Waals surface area contributed by atoms with Crippen LogP contribution in [0.15, 0.2) is 18.5 Å². The molecule has 9 nitrogen and oxygen atoms in total. The Morgan fingerprint density at radius 1 is 1.50 bits per heavy atom. The van der Waals surface area contributed by atoms with Crippen molar-refractivity contribution in [1.82, 2.24) is 14.6 Å². The van der Waals surface area contributed by atoms with Gasteiger partial charge < -0.3 is 25.4 Å². The molecule has 2 aromatic heterocycles. The number of nitrogens with two attached hydrogens (primary N) is 1. The summed E-state index contributed by atoms with van der Waals surface area (Å²) in [4.78, 5) is 15.2. The quantitative estimate of drug-likeness (QED) is 0.643. The number of anilines is 1. The maximum atomic E-state index is 11.3. The number of esters is 1. The van der Waals surface area contributed by atoms with Gasteiger partial charge in [-0.1, -0.05) is 6.92 Å². The van der Waals surface area contributed by atoms with Crippen molar-refractivity contribution in [1.29, 1.82) is 0 Å². The van der Waals surface area contributed by atoms with Crippen molar-refractivity contribution >= 4 is 17.3 Å². The zero-order chi connectivity index (χ0) is 17.5. The fourth-order valence-corrected chi connectivity index (χ4v) is 2.93. The van der Waals surface area contributed by atoms with Crippen LogP contribution in [0.3, 0.4) is 0 Å². The number of hydrogen-bond acceptors (Lipinski definition) is 8. The molecular formula is C15H20N4O5. The van der Waals surface area contributed by atoms with Crippen molar-refractivity contribution < 1.29 is 24.5 Å². The number of aliphatic hydroxyl groups excluding tert-OH is 2. The molecule has 1 aliphatic rings. The molecule has 9 heteroatoms. The first kappa shape index (κ1) is 16.6. The summed E-state index contributed by atoms with van der Waals surface area (Å²) in [6.45, 7) is 3.17. The predicted molar refractivity (Wildman–Crippen MR) is 82.9 cm³/mol. The highest BCUT2D eigenvalue weighted by Crippen LogP contribution is 2.40. The first-order valence-electron chi connectivity index (χ1n) is 7.66. The van der Waals surface area contributed by atoms with Gasteiger partial charge >= 0.3 is 5.97 Å². The molecule has 0 amide bonds. The lowest BCUT2D eigenvalue weighted by Crippen LogP contribution is -2.39. The van der Waals surface area contributed by atoms with Gasteiger partial charge in [0.25, 0.3) is 0 Å². The highest BCUT2D eigenvalue weighted by molar-refractivity contribution is 5.68. The van der Waals surface area contributed by atoms with Crippen molar-refractivity contribution in [3.63, 3.8) is 0 Å². The molecule has 0 aliphatic carbocycles. The van der Waals surface area contributed by atoms with Gasteiger partial charge in [0, 0.05) is 6.42 Å². The van der Waals surface area contributed by atoms with Crippen LogP contribution in [0.2, 0.25) is 0 Å². The minimum atomic E-state index is -1.24. The number of carbonyl (C=O) groups excluding carboxylic acids is 1. The van der Waals surface area contributed by atoms with Gasteiger partial charge in [0.05, 0.1) is 5.69 Å². The number of nitrogens with zero attached hydrogens (tertiary/aromatic N) is 3. The molecule has 3 heterocycles. The van der Waals surface area contributed by atoms with E-state index in [2.05, 4.69) is 10.1 Å². The molecule has 4 atom stereocenters. The molecule has 0 saturated carbocycles. The van der Waals surface area contributed by atoms with E-state index in [1.54, 1.807) is 26.0 Å². The van der Waals surface area contributed by atoms with E-state index in [0.717, 1.165) is 0 Å². The smallest absolute Gasteiger partial charge is 0.305 e. The number of nitrogen functional groups attached to an aromatic ring is 1. The van der Waals surface area contributed by atoms with Crippen LogP contribution in [0, 0.1) is 0 Å². The molecular weight excluding hydrogens is 316 g/mol. The molecule has 130 valence electrons. The first-order chi connectivity index (χ1) is 11.4. The third-order valence-corrected chi connectivity index (χ3v) is 4.35. The average molecular weight is 336 g/mol. The highest BCUT2D eigenvalue weighted by Gasteiger charge is 2.53. The lowest BCUT2D eigenvalue weighted by molar-refractivity contribution is -0.151. The minimum absolute atomic E-state index is 0.138. The van der Waals surface area contributed by atoms with Crippen LogP contribution in [0.5, 0.6) is 0 Å². The normalized spacial score (nSPS) is 29.9. The maximum absolute atomic E-state index is 11.3. The summed E-state index contributed by atoms with van der Waals surface area (Å²) in [5.41, 5.74) is 5.66. The first-order valence-corrected chi connectivity index (χ1v) is 7.66. The van der Waals surface area contributed by atoms with Crippen molar-refractivity contribution in [3.05, 3.63) is 24.2 Å². The Kier molecular flexibility index (Phi) is 4.16. The predicted octanol–water partition coefficient (Wildman–Crippen LogP) is -0.399. The van der Waals surface area contributed by atoms with Crippen molar-refractivity contribution in [2.24, 2.45) is 0 Å². The molecule has 3 rings (SSSR count). The Morgan fingerprint density at radius 3 is 2.96 bits per heavy atom. The SMILES string of the molecule is CCC(=O)OC[C@H]1O[C@@](C)(c2ccc3c(N)ncnn23)[C@H](O)[C@@H]1O. The van der Waals surface area contributed by atoms with E-state index in [-0.39, 0.29) is 13.0 Å². The Bertz CT molecular complexity index is 763. The Labute approximate surface area is 138 Å². The summed E-state index contributed by atoms with van der Waals surface area (Å²) in [6.07, 6.45) is -1.75. The van der Waals surface area contributed by atoms with Crippen molar-refractivity contribution in [3.8, 4) is 0 Å². The fraction of sp³-hybridized carbons (Fsp3) is 0.533. The average Bonchev–Trinajstić information content (AvgIpc) is 3.10. The zero-order valence-corrected chi connectivity index (χ0v) is 13.4. The summed E-state index contributed by atoms with van der Waals surface area (Å²) in [5, 5.41) is 24.9. The van der Waals surface area contributed by atoms with Crippen LogP contribution < -0.4 is 5.73 Å². The summed E-state index contributed by atoms with van der Waals surface area (Å²) in [6, 6.07) is 3.42. The molecule has 0 unspecified atom stereocenters. The van der Waals surface area contributed by atoms with E-state index >= 15 is 0 Å². The van der Waals surface area contributed by atoms with E-state index in [0.29, 0.717) is 17.0 Å². The lowest BCUT2D eigenvalue weighted by Gasteiger charge is -2.27. The number of aliphatic hydroxyl groups is 2. The monoisotopic (exact) mass is 336 g/mol. The zero-order valence-electron chi connectivity index (χ0n) is 13.4. The molecule has 4 N–H and O–H groups in total. The molecule has 24 heavy (non-hydrogen) atoms. The van der Waals surface area contributed by atoms with Crippen molar-refractivity contribution in [2.75, 3.05) is 12.3 Å². The van der Waals surface area contributed by atoms with E-state index in [1.807, 2.05) is 0 Å². The summed E-state index contributed by atoms with van der Waals surface area (Å²) < 4.78 is 12.4. The Balaban J connectivity index is 1.91. The highest BCUT2D eigenvalue weighted by atomic mass is 16.6. The molecule has 0 aromatic carbocycles. The molecule has 0 radical (unpaired) electrons. The summed E-state index contributed by atoms with van der Waals surface area (Å²) in [5.74, 6) is -0.108. The lowest BCUT2D eigenvalue weighted by atomic mass is 9.93. The van der Waals surface area contributed by atoms with Gasteiger partial charge in [-0.15, -0.1) is 0 Å². The second-order valence-corrected chi connectivity index (χ2v) is 5.90. The van der Waals surface area contributed by atoms with Crippen LogP contribution in [-0.2, 0) is 19.9 Å².